The Morgan fingerprint density at radius 2 is 1.24 bits per heavy atom. The molecule has 33 heavy (non-hydrogen) atoms. The molecule has 0 aromatic heterocycles. The molecule has 4 rings (SSSR count). The summed E-state index contributed by atoms with van der Waals surface area (Å²) in [4.78, 5) is 0. The van der Waals surface area contributed by atoms with Crippen molar-refractivity contribution in [1.82, 2.24) is 0 Å². The van der Waals surface area contributed by atoms with E-state index in [0.29, 0.717) is 16.9 Å². The quantitative estimate of drug-likeness (QED) is 0.353. The van der Waals surface area contributed by atoms with Crippen LogP contribution in [0.15, 0.2) is 91.0 Å². The lowest BCUT2D eigenvalue weighted by Crippen LogP contribution is -1.90. The fourth-order valence-corrected chi connectivity index (χ4v) is 3.30. The summed E-state index contributed by atoms with van der Waals surface area (Å²) in [7, 11) is 3.25. The molecule has 0 aliphatic heterocycles. The lowest BCUT2D eigenvalue weighted by Gasteiger charge is -2.08. The lowest BCUT2D eigenvalue weighted by molar-refractivity contribution is 0.414. The Balaban J connectivity index is 1.76. The molecule has 0 N–H and O–H groups in total. The van der Waals surface area contributed by atoms with Crippen molar-refractivity contribution in [3.05, 3.63) is 119 Å². The van der Waals surface area contributed by atoms with Gasteiger partial charge >= 0.3 is 0 Å². The maximum atomic E-state index is 14.0. The van der Waals surface area contributed by atoms with Crippen LogP contribution in [0.5, 0.6) is 11.5 Å². The number of methoxy groups -OCH3 is 2. The van der Waals surface area contributed by atoms with E-state index in [9.17, 15) is 4.39 Å². The smallest absolute Gasteiger partial charge is 0.124 e. The number of rotatable bonds is 3. The molecule has 0 heterocycles. The standard InChI is InChI=1S/C30H21FO2/c1-32-28-16-13-24(14-17-28)30-19-18-29(33-2)21-26(30)11-10-25-20-27(31)15-12-23(25)9-8-22-6-4-3-5-7-22/h3-7,12-21H,1-2H3. The largest absolute Gasteiger partial charge is 0.497 e. The topological polar surface area (TPSA) is 18.5 Å². The van der Waals surface area contributed by atoms with Gasteiger partial charge in [0.15, 0.2) is 0 Å². The van der Waals surface area contributed by atoms with Crippen molar-refractivity contribution in [2.75, 3.05) is 14.2 Å². The minimum atomic E-state index is -0.356. The second-order valence-corrected chi connectivity index (χ2v) is 7.20. The van der Waals surface area contributed by atoms with Gasteiger partial charge in [0.1, 0.15) is 17.3 Å². The van der Waals surface area contributed by atoms with Gasteiger partial charge in [0.2, 0.25) is 0 Å². The molecule has 160 valence electrons. The summed E-state index contributed by atoms with van der Waals surface area (Å²) in [6.45, 7) is 0. The number of halogens is 1. The van der Waals surface area contributed by atoms with Crippen molar-refractivity contribution in [2.45, 2.75) is 0 Å². The summed E-state index contributed by atoms with van der Waals surface area (Å²) in [5.41, 5.74) is 4.79. The first-order chi connectivity index (χ1) is 16.2. The highest BCUT2D eigenvalue weighted by Gasteiger charge is 2.07. The second-order valence-electron chi connectivity index (χ2n) is 7.20. The first-order valence-electron chi connectivity index (χ1n) is 10.4. The van der Waals surface area contributed by atoms with Crippen molar-refractivity contribution in [3.63, 3.8) is 0 Å². The van der Waals surface area contributed by atoms with Crippen molar-refractivity contribution in [2.24, 2.45) is 0 Å². The van der Waals surface area contributed by atoms with E-state index in [1.807, 2.05) is 72.8 Å². The van der Waals surface area contributed by atoms with Gasteiger partial charge in [0, 0.05) is 22.3 Å². The maximum Gasteiger partial charge on any atom is 0.124 e. The molecular weight excluding hydrogens is 411 g/mol. The van der Waals surface area contributed by atoms with E-state index < -0.39 is 0 Å². The molecule has 0 atom stereocenters. The molecule has 0 aliphatic rings. The maximum absolute atomic E-state index is 14.0. The number of ether oxygens (including phenoxy) is 2. The molecule has 0 aliphatic carbocycles. The van der Waals surface area contributed by atoms with Crippen LogP contribution in [0, 0.1) is 29.5 Å². The van der Waals surface area contributed by atoms with E-state index in [0.717, 1.165) is 28.0 Å². The molecule has 3 heteroatoms. The molecule has 0 fully saturated rings. The first kappa shape index (κ1) is 21.8. The summed E-state index contributed by atoms with van der Waals surface area (Å²) in [5, 5.41) is 0. The molecule has 0 amide bonds. The molecule has 0 saturated heterocycles. The number of benzene rings is 4. The Morgan fingerprint density at radius 3 is 1.97 bits per heavy atom. The van der Waals surface area contributed by atoms with Crippen molar-refractivity contribution in [1.29, 1.82) is 0 Å². The molecule has 4 aromatic carbocycles. The molecule has 0 spiro atoms. The third-order valence-corrected chi connectivity index (χ3v) is 5.06. The molecule has 0 radical (unpaired) electrons. The second kappa shape index (κ2) is 10.2. The summed E-state index contributed by atoms with van der Waals surface area (Å²) >= 11 is 0. The average Bonchev–Trinajstić information content (AvgIpc) is 2.87. The van der Waals surface area contributed by atoms with Crippen LogP contribution in [0.3, 0.4) is 0 Å². The van der Waals surface area contributed by atoms with Gasteiger partial charge in [0.25, 0.3) is 0 Å². The third-order valence-electron chi connectivity index (χ3n) is 5.06. The fraction of sp³-hybridized carbons (Fsp3) is 0.0667. The van der Waals surface area contributed by atoms with Gasteiger partial charge in [-0.15, -0.1) is 0 Å². The Bertz CT molecular complexity index is 1380. The summed E-state index contributed by atoms with van der Waals surface area (Å²) in [6, 6.07) is 27.6. The van der Waals surface area contributed by atoms with Gasteiger partial charge in [0.05, 0.1) is 14.2 Å². The molecule has 0 saturated carbocycles. The Labute approximate surface area is 193 Å². The van der Waals surface area contributed by atoms with Gasteiger partial charge in [-0.2, -0.15) is 0 Å². The lowest BCUT2D eigenvalue weighted by atomic mass is 9.98. The number of hydrogen-bond donors (Lipinski definition) is 0. The molecular formula is C30H21FO2. The SMILES string of the molecule is COc1ccc(-c2ccc(OC)cc2C#Cc2cc(F)ccc2C#Cc2ccccc2)cc1. The highest BCUT2D eigenvalue weighted by atomic mass is 19.1. The van der Waals surface area contributed by atoms with Gasteiger partial charge < -0.3 is 9.47 Å². The predicted molar refractivity (Wildman–Crippen MR) is 130 cm³/mol. The van der Waals surface area contributed by atoms with Crippen LogP contribution in [0.2, 0.25) is 0 Å². The van der Waals surface area contributed by atoms with Gasteiger partial charge in [-0.1, -0.05) is 54.0 Å². The molecule has 2 nitrogen and oxygen atoms in total. The molecule has 0 unspecified atom stereocenters. The van der Waals surface area contributed by atoms with Crippen LogP contribution in [-0.4, -0.2) is 14.2 Å². The zero-order valence-corrected chi connectivity index (χ0v) is 18.4. The monoisotopic (exact) mass is 432 g/mol. The van der Waals surface area contributed by atoms with E-state index in [-0.39, 0.29) is 5.82 Å². The van der Waals surface area contributed by atoms with Crippen LogP contribution < -0.4 is 9.47 Å². The van der Waals surface area contributed by atoms with Crippen LogP contribution in [0.1, 0.15) is 22.3 Å². The van der Waals surface area contributed by atoms with Crippen molar-refractivity contribution < 1.29 is 13.9 Å². The molecule has 4 aromatic rings. The van der Waals surface area contributed by atoms with E-state index >= 15 is 0 Å². The Morgan fingerprint density at radius 1 is 0.576 bits per heavy atom. The normalized spacial score (nSPS) is 9.79. The summed E-state index contributed by atoms with van der Waals surface area (Å²) in [5.74, 6) is 13.7. The molecule has 0 bridgehead atoms. The van der Waals surface area contributed by atoms with E-state index in [4.69, 9.17) is 9.47 Å². The van der Waals surface area contributed by atoms with Crippen molar-refractivity contribution in [3.8, 4) is 46.3 Å². The average molecular weight is 432 g/mol. The van der Waals surface area contributed by atoms with Crippen molar-refractivity contribution >= 4 is 0 Å². The van der Waals surface area contributed by atoms with Crippen LogP contribution >= 0.6 is 0 Å². The zero-order chi connectivity index (χ0) is 23.0. The summed E-state index contributed by atoms with van der Waals surface area (Å²) in [6.07, 6.45) is 0. The number of hydrogen-bond acceptors (Lipinski definition) is 2. The van der Waals surface area contributed by atoms with Gasteiger partial charge in [-0.05, 0) is 71.8 Å². The van der Waals surface area contributed by atoms with E-state index in [1.165, 1.54) is 12.1 Å². The predicted octanol–water partition coefficient (Wildman–Crippen LogP) is 6.31. The van der Waals surface area contributed by atoms with Gasteiger partial charge in [-0.25, -0.2) is 4.39 Å². The van der Waals surface area contributed by atoms with Crippen LogP contribution in [0.25, 0.3) is 11.1 Å². The minimum Gasteiger partial charge on any atom is -0.497 e. The van der Waals surface area contributed by atoms with Crippen LogP contribution in [-0.2, 0) is 0 Å². The summed E-state index contributed by atoms with van der Waals surface area (Å²) < 4.78 is 24.7. The van der Waals surface area contributed by atoms with E-state index in [1.54, 1.807) is 20.3 Å². The fourth-order valence-electron chi connectivity index (χ4n) is 3.30. The van der Waals surface area contributed by atoms with Crippen LogP contribution in [0.4, 0.5) is 4.39 Å². The highest BCUT2D eigenvalue weighted by molar-refractivity contribution is 5.73. The van der Waals surface area contributed by atoms with Gasteiger partial charge in [-0.3, -0.25) is 0 Å². The first-order valence-corrected chi connectivity index (χ1v) is 10.4. The zero-order valence-electron chi connectivity index (χ0n) is 18.4. The Hall–Kier alpha value is -4.47. The Kier molecular flexibility index (Phi) is 6.74. The third kappa shape index (κ3) is 5.42. The minimum absolute atomic E-state index is 0.356. The van der Waals surface area contributed by atoms with E-state index in [2.05, 4.69) is 23.7 Å². The highest BCUT2D eigenvalue weighted by Crippen LogP contribution is 2.28.